The first kappa shape index (κ1) is 18.2. The number of nitrogens with zero attached hydrogens (tertiary/aromatic N) is 2. The number of rotatable bonds is 4. The Morgan fingerprint density at radius 2 is 1.96 bits per heavy atom. The average molecular weight is 354 g/mol. The van der Waals surface area contributed by atoms with Crippen molar-refractivity contribution in [1.82, 2.24) is 9.80 Å². The van der Waals surface area contributed by atoms with Crippen molar-refractivity contribution < 1.29 is 18.0 Å². The van der Waals surface area contributed by atoms with Crippen LogP contribution in [0.1, 0.15) is 42.7 Å². The standard InChI is InChI=1S/C19H25F3N2O/c1-23(2)12-13-7-5-6-10-24(13)18(25)16-11-15(16)14-8-3-4-9-17(14)19(20,21)22/h3-4,8-9,13,15-16H,5-7,10-12H2,1-2H3/t13-,15+,16+/m0/s1. The van der Waals surface area contributed by atoms with Crippen LogP contribution in [0.25, 0.3) is 0 Å². The summed E-state index contributed by atoms with van der Waals surface area (Å²) in [5.74, 6) is -0.563. The van der Waals surface area contributed by atoms with Crippen molar-refractivity contribution >= 4 is 5.91 Å². The van der Waals surface area contributed by atoms with Gasteiger partial charge in [-0.05, 0) is 57.3 Å². The number of alkyl halides is 3. The fourth-order valence-corrected chi connectivity index (χ4v) is 4.01. The number of likely N-dealkylation sites (N-methyl/N-ethyl adjacent to an activating group) is 1. The lowest BCUT2D eigenvalue weighted by atomic mass is 9.99. The van der Waals surface area contributed by atoms with Crippen LogP contribution in [0.15, 0.2) is 24.3 Å². The molecule has 1 aromatic carbocycles. The van der Waals surface area contributed by atoms with E-state index < -0.39 is 11.7 Å². The molecule has 0 N–H and O–H groups in total. The number of hydrogen-bond acceptors (Lipinski definition) is 2. The summed E-state index contributed by atoms with van der Waals surface area (Å²) in [5, 5.41) is 0. The predicted octanol–water partition coefficient (Wildman–Crippen LogP) is 3.75. The molecule has 0 aromatic heterocycles. The highest BCUT2D eigenvalue weighted by Crippen LogP contribution is 2.52. The Morgan fingerprint density at radius 3 is 2.64 bits per heavy atom. The summed E-state index contributed by atoms with van der Waals surface area (Å²) in [4.78, 5) is 16.9. The zero-order valence-electron chi connectivity index (χ0n) is 14.7. The molecule has 1 saturated carbocycles. The zero-order chi connectivity index (χ0) is 18.2. The van der Waals surface area contributed by atoms with Gasteiger partial charge in [0.25, 0.3) is 0 Å². The van der Waals surface area contributed by atoms with Gasteiger partial charge in [-0.3, -0.25) is 4.79 Å². The second-order valence-electron chi connectivity index (χ2n) is 7.48. The molecule has 3 nitrogen and oxygen atoms in total. The normalized spacial score (nSPS) is 26.8. The molecule has 0 radical (unpaired) electrons. The quantitative estimate of drug-likeness (QED) is 0.822. The molecule has 1 aliphatic carbocycles. The van der Waals surface area contributed by atoms with E-state index in [1.165, 1.54) is 12.1 Å². The molecule has 0 spiro atoms. The minimum atomic E-state index is -4.37. The third kappa shape index (κ3) is 4.00. The first-order valence-corrected chi connectivity index (χ1v) is 8.90. The van der Waals surface area contributed by atoms with Gasteiger partial charge in [0.1, 0.15) is 0 Å². The summed E-state index contributed by atoms with van der Waals surface area (Å²) in [6.07, 6.45) is -0.789. The smallest absolute Gasteiger partial charge is 0.338 e. The second-order valence-corrected chi connectivity index (χ2v) is 7.48. The van der Waals surface area contributed by atoms with E-state index in [1.807, 2.05) is 19.0 Å². The lowest BCUT2D eigenvalue weighted by Crippen LogP contribution is -2.49. The highest BCUT2D eigenvalue weighted by Gasteiger charge is 2.50. The van der Waals surface area contributed by atoms with Crippen molar-refractivity contribution in [2.24, 2.45) is 5.92 Å². The van der Waals surface area contributed by atoms with E-state index in [0.717, 1.165) is 38.4 Å². The van der Waals surface area contributed by atoms with Crippen LogP contribution in [0.2, 0.25) is 0 Å². The van der Waals surface area contributed by atoms with Gasteiger partial charge in [-0.1, -0.05) is 18.2 Å². The second kappa shape index (κ2) is 6.98. The largest absolute Gasteiger partial charge is 0.416 e. The SMILES string of the molecule is CN(C)C[C@@H]1CCCCN1C(=O)[C@@H]1C[C@@H]1c1ccccc1C(F)(F)F. The maximum absolute atomic E-state index is 13.2. The molecular weight excluding hydrogens is 329 g/mol. The summed E-state index contributed by atoms with van der Waals surface area (Å²) < 4.78 is 39.7. The van der Waals surface area contributed by atoms with Crippen LogP contribution in [0.4, 0.5) is 13.2 Å². The Balaban J connectivity index is 1.74. The Kier molecular flexibility index (Phi) is 5.09. The molecule has 3 atom stereocenters. The van der Waals surface area contributed by atoms with Crippen molar-refractivity contribution in [1.29, 1.82) is 0 Å². The topological polar surface area (TPSA) is 23.6 Å². The van der Waals surface area contributed by atoms with Crippen LogP contribution in [-0.4, -0.2) is 48.9 Å². The number of likely N-dealkylation sites (tertiary alicyclic amines) is 1. The van der Waals surface area contributed by atoms with Crippen LogP contribution in [0.3, 0.4) is 0 Å². The molecule has 0 unspecified atom stereocenters. The number of benzene rings is 1. The van der Waals surface area contributed by atoms with Gasteiger partial charge >= 0.3 is 6.18 Å². The zero-order valence-corrected chi connectivity index (χ0v) is 14.7. The summed E-state index contributed by atoms with van der Waals surface area (Å²) in [6, 6.07) is 5.85. The van der Waals surface area contributed by atoms with Gasteiger partial charge in [0.15, 0.2) is 0 Å². The molecule has 0 bridgehead atoms. The Labute approximate surface area is 146 Å². The summed E-state index contributed by atoms with van der Waals surface area (Å²) >= 11 is 0. The monoisotopic (exact) mass is 354 g/mol. The summed E-state index contributed by atoms with van der Waals surface area (Å²) in [7, 11) is 3.97. The van der Waals surface area contributed by atoms with Gasteiger partial charge in [-0.2, -0.15) is 13.2 Å². The van der Waals surface area contributed by atoms with Crippen LogP contribution in [-0.2, 0) is 11.0 Å². The van der Waals surface area contributed by atoms with E-state index in [2.05, 4.69) is 4.90 Å². The number of halogens is 3. The number of piperidine rings is 1. The van der Waals surface area contributed by atoms with Crippen molar-refractivity contribution in [2.75, 3.05) is 27.2 Å². The molecule has 2 aliphatic rings. The van der Waals surface area contributed by atoms with Crippen molar-refractivity contribution in [3.05, 3.63) is 35.4 Å². The minimum Gasteiger partial charge on any atom is -0.338 e. The third-order valence-corrected chi connectivity index (χ3v) is 5.26. The maximum atomic E-state index is 13.2. The van der Waals surface area contributed by atoms with Crippen LogP contribution in [0.5, 0.6) is 0 Å². The number of carbonyl (C=O) groups excluding carboxylic acids is 1. The Morgan fingerprint density at radius 1 is 1.24 bits per heavy atom. The molecule has 1 amide bonds. The average Bonchev–Trinajstić information content (AvgIpc) is 3.34. The number of hydrogen-bond donors (Lipinski definition) is 0. The fourth-order valence-electron chi connectivity index (χ4n) is 4.01. The molecule has 3 rings (SSSR count). The van der Waals surface area contributed by atoms with Gasteiger partial charge in [-0.25, -0.2) is 0 Å². The lowest BCUT2D eigenvalue weighted by molar-refractivity contribution is -0.139. The Hall–Kier alpha value is -1.56. The molecule has 1 aromatic rings. The minimum absolute atomic E-state index is 0.0357. The molecule has 25 heavy (non-hydrogen) atoms. The van der Waals surface area contributed by atoms with Crippen LogP contribution in [0, 0.1) is 5.92 Å². The predicted molar refractivity (Wildman–Crippen MR) is 90.2 cm³/mol. The maximum Gasteiger partial charge on any atom is 0.416 e. The van der Waals surface area contributed by atoms with Gasteiger partial charge in [0.05, 0.1) is 5.56 Å². The van der Waals surface area contributed by atoms with E-state index in [4.69, 9.17) is 0 Å². The van der Waals surface area contributed by atoms with Gasteiger partial charge in [0.2, 0.25) is 5.91 Å². The van der Waals surface area contributed by atoms with Gasteiger partial charge in [0, 0.05) is 25.0 Å². The first-order valence-electron chi connectivity index (χ1n) is 8.90. The van der Waals surface area contributed by atoms with E-state index in [-0.39, 0.29) is 29.3 Å². The summed E-state index contributed by atoms with van der Waals surface area (Å²) in [5.41, 5.74) is -0.326. The fraction of sp³-hybridized carbons (Fsp3) is 0.632. The van der Waals surface area contributed by atoms with Crippen molar-refractivity contribution in [3.63, 3.8) is 0 Å². The Bertz CT molecular complexity index is 629. The first-order chi connectivity index (χ1) is 11.8. The van der Waals surface area contributed by atoms with Crippen LogP contribution < -0.4 is 0 Å². The molecule has 1 saturated heterocycles. The van der Waals surface area contributed by atoms with E-state index >= 15 is 0 Å². The van der Waals surface area contributed by atoms with Crippen LogP contribution >= 0.6 is 0 Å². The number of carbonyl (C=O) groups is 1. The molecule has 6 heteroatoms. The van der Waals surface area contributed by atoms with Gasteiger partial charge in [-0.15, -0.1) is 0 Å². The lowest BCUT2D eigenvalue weighted by Gasteiger charge is -2.37. The van der Waals surface area contributed by atoms with Gasteiger partial charge < -0.3 is 9.80 Å². The van der Waals surface area contributed by atoms with E-state index in [9.17, 15) is 18.0 Å². The number of amides is 1. The van der Waals surface area contributed by atoms with Crippen molar-refractivity contribution in [3.8, 4) is 0 Å². The van der Waals surface area contributed by atoms with E-state index in [0.29, 0.717) is 6.42 Å². The van der Waals surface area contributed by atoms with Crippen molar-refractivity contribution in [2.45, 2.75) is 43.8 Å². The molecular formula is C19H25F3N2O. The molecule has 1 aliphatic heterocycles. The summed E-state index contributed by atoms with van der Waals surface area (Å²) in [6.45, 7) is 1.53. The molecule has 2 fully saturated rings. The van der Waals surface area contributed by atoms with E-state index in [1.54, 1.807) is 6.07 Å². The molecule has 1 heterocycles. The third-order valence-electron chi connectivity index (χ3n) is 5.26. The molecule has 138 valence electrons. The highest BCUT2D eigenvalue weighted by atomic mass is 19.4. The highest BCUT2D eigenvalue weighted by molar-refractivity contribution is 5.83.